The summed E-state index contributed by atoms with van der Waals surface area (Å²) in [4.78, 5) is 18.3. The third kappa shape index (κ3) is 5.19. The van der Waals surface area contributed by atoms with Crippen molar-refractivity contribution in [3.05, 3.63) is 221 Å². The first-order chi connectivity index (χ1) is 29.5. The summed E-state index contributed by atoms with van der Waals surface area (Å²) in [5, 5.41) is 2.52. The molecule has 60 heavy (non-hydrogen) atoms. The molecule has 1 aliphatic carbocycles. The smallest absolute Gasteiger partial charge is 0.164 e. The average Bonchev–Trinajstić information content (AvgIpc) is 3.68. The van der Waals surface area contributed by atoms with Crippen LogP contribution < -0.4 is 0 Å². The molecule has 0 saturated carbocycles. The highest BCUT2D eigenvalue weighted by atomic mass is 32.2. The van der Waals surface area contributed by atoms with Gasteiger partial charge < -0.3 is 0 Å². The van der Waals surface area contributed by atoms with Crippen LogP contribution in [-0.2, 0) is 10.8 Å². The molecule has 0 radical (unpaired) electrons. The quantitative estimate of drug-likeness (QED) is 0.178. The van der Waals surface area contributed by atoms with Gasteiger partial charge in [-0.05, 0) is 74.8 Å². The van der Waals surface area contributed by atoms with E-state index in [0.29, 0.717) is 17.5 Å². The monoisotopic (exact) mass is 803 g/mol. The highest BCUT2D eigenvalue weighted by molar-refractivity contribution is 7.99. The van der Waals surface area contributed by atoms with E-state index in [1.165, 1.54) is 63.3 Å². The summed E-state index contributed by atoms with van der Waals surface area (Å²) in [6.07, 6.45) is 0. The molecule has 2 aromatic heterocycles. The van der Waals surface area contributed by atoms with E-state index < -0.39 is 5.41 Å². The van der Waals surface area contributed by atoms with Gasteiger partial charge in [-0.25, -0.2) is 15.0 Å². The summed E-state index contributed by atoms with van der Waals surface area (Å²) < 4.78 is 2.49. The van der Waals surface area contributed by atoms with Crippen LogP contribution >= 0.6 is 23.1 Å². The van der Waals surface area contributed by atoms with Crippen LogP contribution in [0.25, 0.3) is 65.5 Å². The standard InChI is InChI=1S/C55H37N3S2/c1-54(2)41-21-9-10-22-43(41)55(44-23-11-14-26-48(44)60-49-27-15-12-24-45(49)55)46-32-35(29-31-42(46)54)37-18-6-7-20-40(37)53-57-51(34-16-4-3-5-17-34)56-52(58-53)36-28-30-39-38-19-8-13-25-47(38)59-50(39)33-36/h3-33H,1-2H3. The lowest BCUT2D eigenvalue weighted by molar-refractivity contribution is 0.549. The number of aromatic nitrogens is 3. The van der Waals surface area contributed by atoms with E-state index in [1.807, 2.05) is 30.0 Å². The maximum Gasteiger partial charge on any atom is 0.164 e. The molecule has 3 nitrogen and oxygen atoms in total. The molecule has 284 valence electrons. The number of rotatable bonds is 4. The molecule has 0 fully saturated rings. The van der Waals surface area contributed by atoms with E-state index in [2.05, 4.69) is 184 Å². The predicted molar refractivity (Wildman–Crippen MR) is 249 cm³/mol. The molecule has 5 heteroatoms. The van der Waals surface area contributed by atoms with Crippen molar-refractivity contribution in [1.29, 1.82) is 0 Å². The minimum Gasteiger partial charge on any atom is -0.208 e. The molecule has 1 spiro atoms. The van der Waals surface area contributed by atoms with Gasteiger partial charge in [-0.3, -0.25) is 0 Å². The summed E-state index contributed by atoms with van der Waals surface area (Å²) in [5.41, 5.74) is 12.4. The topological polar surface area (TPSA) is 38.7 Å². The van der Waals surface area contributed by atoms with Crippen molar-refractivity contribution in [2.24, 2.45) is 0 Å². The normalized spacial score (nSPS) is 14.4. The molecular weight excluding hydrogens is 767 g/mol. The van der Waals surface area contributed by atoms with Gasteiger partial charge in [-0.15, -0.1) is 11.3 Å². The Labute approximate surface area is 357 Å². The summed E-state index contributed by atoms with van der Waals surface area (Å²) in [7, 11) is 0. The van der Waals surface area contributed by atoms with E-state index in [1.54, 1.807) is 11.3 Å². The molecule has 0 bridgehead atoms. The maximum atomic E-state index is 5.31. The van der Waals surface area contributed by atoms with E-state index in [0.717, 1.165) is 27.8 Å². The Morgan fingerprint density at radius 3 is 1.68 bits per heavy atom. The number of hydrogen-bond donors (Lipinski definition) is 0. The Morgan fingerprint density at radius 2 is 0.917 bits per heavy atom. The Balaban J connectivity index is 1.09. The number of hydrogen-bond acceptors (Lipinski definition) is 5. The van der Waals surface area contributed by atoms with Crippen molar-refractivity contribution >= 4 is 43.3 Å². The fourth-order valence-electron chi connectivity index (χ4n) is 9.92. The Bertz CT molecular complexity index is 3300. The largest absolute Gasteiger partial charge is 0.208 e. The minimum atomic E-state index is -0.517. The maximum absolute atomic E-state index is 5.31. The van der Waals surface area contributed by atoms with Crippen molar-refractivity contribution in [2.75, 3.05) is 0 Å². The van der Waals surface area contributed by atoms with Crippen molar-refractivity contribution in [2.45, 2.75) is 34.5 Å². The number of fused-ring (bicyclic) bond motifs is 11. The van der Waals surface area contributed by atoms with Crippen LogP contribution in [0.1, 0.15) is 47.2 Å². The molecule has 0 atom stereocenters. The van der Waals surface area contributed by atoms with Crippen molar-refractivity contribution in [1.82, 2.24) is 15.0 Å². The molecule has 0 saturated heterocycles. The molecule has 0 N–H and O–H groups in total. The van der Waals surface area contributed by atoms with Gasteiger partial charge in [-0.2, -0.15) is 0 Å². The second-order valence-electron chi connectivity index (χ2n) is 16.3. The predicted octanol–water partition coefficient (Wildman–Crippen LogP) is 14.4. The Kier molecular flexibility index (Phi) is 7.90. The molecular formula is C55H37N3S2. The van der Waals surface area contributed by atoms with E-state index >= 15 is 0 Å². The first-order valence-corrected chi connectivity index (χ1v) is 22.1. The zero-order chi connectivity index (χ0) is 40.0. The SMILES string of the molecule is CC1(C)c2ccccc2C2(c3ccccc3Sc3ccccc32)c2cc(-c3ccccc3-c3nc(-c4ccccc4)nc(-c4ccc5c(c4)sc4ccccc45)n3)ccc21. The third-order valence-corrected chi connectivity index (χ3v) is 15.0. The molecule has 2 aliphatic rings. The second-order valence-corrected chi connectivity index (χ2v) is 18.5. The van der Waals surface area contributed by atoms with Crippen LogP contribution in [0.15, 0.2) is 198 Å². The van der Waals surface area contributed by atoms with Crippen LogP contribution in [-0.4, -0.2) is 15.0 Å². The summed E-state index contributed by atoms with van der Waals surface area (Å²) >= 11 is 3.68. The first-order valence-electron chi connectivity index (χ1n) is 20.4. The first kappa shape index (κ1) is 35.3. The lowest BCUT2D eigenvalue weighted by Crippen LogP contribution is -2.43. The molecule has 0 unspecified atom stereocenters. The van der Waals surface area contributed by atoms with E-state index in [4.69, 9.17) is 15.0 Å². The van der Waals surface area contributed by atoms with Gasteiger partial charge in [0.1, 0.15) is 0 Å². The fraction of sp³-hybridized carbons (Fsp3) is 0.0727. The third-order valence-electron chi connectivity index (χ3n) is 12.7. The summed E-state index contributed by atoms with van der Waals surface area (Å²) in [6, 6.07) is 68.4. The number of thiophene rings is 1. The van der Waals surface area contributed by atoms with Crippen LogP contribution in [0, 0.1) is 0 Å². The fourth-order valence-corrected chi connectivity index (χ4v) is 12.3. The van der Waals surface area contributed by atoms with Crippen LogP contribution in [0.2, 0.25) is 0 Å². The van der Waals surface area contributed by atoms with Crippen molar-refractivity contribution < 1.29 is 0 Å². The van der Waals surface area contributed by atoms with Crippen molar-refractivity contribution in [3.63, 3.8) is 0 Å². The van der Waals surface area contributed by atoms with Crippen LogP contribution in [0.4, 0.5) is 0 Å². The number of nitrogens with zero attached hydrogens (tertiary/aromatic N) is 3. The van der Waals surface area contributed by atoms with Gasteiger partial charge in [0.15, 0.2) is 17.5 Å². The second kappa shape index (κ2) is 13.4. The summed E-state index contributed by atoms with van der Waals surface area (Å²) in [6.45, 7) is 4.77. The Hall–Kier alpha value is -6.66. The molecule has 1 aliphatic heterocycles. The molecule has 10 aromatic rings. The van der Waals surface area contributed by atoms with Gasteiger partial charge in [0.05, 0.1) is 5.41 Å². The minimum absolute atomic E-state index is 0.229. The van der Waals surface area contributed by atoms with Gasteiger partial charge in [-0.1, -0.05) is 183 Å². The van der Waals surface area contributed by atoms with E-state index in [9.17, 15) is 0 Å². The van der Waals surface area contributed by atoms with Gasteiger partial charge in [0, 0.05) is 52.1 Å². The van der Waals surface area contributed by atoms with Gasteiger partial charge in [0.25, 0.3) is 0 Å². The highest BCUT2D eigenvalue weighted by Gasteiger charge is 2.52. The van der Waals surface area contributed by atoms with Crippen LogP contribution in [0.5, 0.6) is 0 Å². The average molecular weight is 804 g/mol. The zero-order valence-electron chi connectivity index (χ0n) is 33.1. The summed E-state index contributed by atoms with van der Waals surface area (Å²) in [5.74, 6) is 1.95. The van der Waals surface area contributed by atoms with E-state index in [-0.39, 0.29) is 5.41 Å². The molecule has 0 amide bonds. The lowest BCUT2D eigenvalue weighted by atomic mass is 9.54. The molecule has 12 rings (SSSR count). The van der Waals surface area contributed by atoms with Crippen LogP contribution in [0.3, 0.4) is 0 Å². The molecule has 8 aromatic carbocycles. The lowest BCUT2D eigenvalue weighted by Gasteiger charge is -2.50. The van der Waals surface area contributed by atoms with Crippen molar-refractivity contribution in [3.8, 4) is 45.3 Å². The van der Waals surface area contributed by atoms with Gasteiger partial charge >= 0.3 is 0 Å². The zero-order valence-corrected chi connectivity index (χ0v) is 34.7. The number of benzene rings is 8. The highest BCUT2D eigenvalue weighted by Crippen LogP contribution is 2.62. The molecule has 3 heterocycles. The Morgan fingerprint density at radius 1 is 0.367 bits per heavy atom. The van der Waals surface area contributed by atoms with Gasteiger partial charge in [0.2, 0.25) is 0 Å².